The molecule has 0 aliphatic carbocycles. The summed E-state index contributed by atoms with van der Waals surface area (Å²) >= 11 is 4.83. The Kier molecular flexibility index (Phi) is 2.97. The normalized spacial score (nSPS) is 10.7. The molecule has 0 atom stereocenters. The van der Waals surface area contributed by atoms with Crippen LogP contribution in [0.4, 0.5) is 0 Å². The number of carbonyl (C=O) groups is 1. The van der Waals surface area contributed by atoms with Crippen LogP contribution in [0.3, 0.4) is 0 Å². The molecule has 0 radical (unpaired) electrons. The SMILES string of the molecule is O=C(c1ccc(Br)s1)c1cccc2cnccc12. The minimum Gasteiger partial charge on any atom is -0.288 e. The van der Waals surface area contributed by atoms with Gasteiger partial charge in [-0.05, 0) is 39.5 Å². The number of hydrogen-bond donors (Lipinski definition) is 0. The quantitative estimate of drug-likeness (QED) is 0.660. The highest BCUT2D eigenvalue weighted by Crippen LogP contribution is 2.27. The lowest BCUT2D eigenvalue weighted by Gasteiger charge is -2.03. The van der Waals surface area contributed by atoms with Crippen LogP contribution in [-0.4, -0.2) is 10.8 Å². The highest BCUT2D eigenvalue weighted by Gasteiger charge is 2.14. The summed E-state index contributed by atoms with van der Waals surface area (Å²) in [5.41, 5.74) is 0.726. The summed E-state index contributed by atoms with van der Waals surface area (Å²) in [6.45, 7) is 0. The average molecular weight is 318 g/mol. The number of pyridine rings is 1. The van der Waals surface area contributed by atoms with Crippen LogP contribution in [0.5, 0.6) is 0 Å². The molecule has 2 nitrogen and oxygen atoms in total. The van der Waals surface area contributed by atoms with Gasteiger partial charge in [-0.15, -0.1) is 11.3 Å². The molecule has 1 aromatic carbocycles. The average Bonchev–Trinajstić information content (AvgIpc) is 2.84. The van der Waals surface area contributed by atoms with Gasteiger partial charge >= 0.3 is 0 Å². The number of thiophene rings is 1. The second kappa shape index (κ2) is 4.63. The second-order valence-electron chi connectivity index (χ2n) is 3.84. The molecule has 3 aromatic rings. The van der Waals surface area contributed by atoms with Crippen LogP contribution in [0.2, 0.25) is 0 Å². The van der Waals surface area contributed by atoms with Crippen molar-refractivity contribution in [2.45, 2.75) is 0 Å². The maximum absolute atomic E-state index is 12.4. The summed E-state index contributed by atoms with van der Waals surface area (Å²) in [4.78, 5) is 17.3. The largest absolute Gasteiger partial charge is 0.288 e. The van der Waals surface area contributed by atoms with Gasteiger partial charge in [-0.25, -0.2) is 0 Å². The van der Waals surface area contributed by atoms with Crippen molar-refractivity contribution in [3.05, 3.63) is 63.0 Å². The van der Waals surface area contributed by atoms with Crippen LogP contribution in [0.25, 0.3) is 10.8 Å². The number of rotatable bonds is 2. The van der Waals surface area contributed by atoms with E-state index in [1.54, 1.807) is 12.4 Å². The Labute approximate surface area is 116 Å². The van der Waals surface area contributed by atoms with E-state index in [1.165, 1.54) is 11.3 Å². The molecule has 0 aliphatic rings. The van der Waals surface area contributed by atoms with Crippen molar-refractivity contribution in [3.8, 4) is 0 Å². The zero-order chi connectivity index (χ0) is 12.5. The van der Waals surface area contributed by atoms with Crippen molar-refractivity contribution in [3.63, 3.8) is 0 Å². The lowest BCUT2D eigenvalue weighted by Crippen LogP contribution is -1.99. The summed E-state index contributed by atoms with van der Waals surface area (Å²) in [5, 5.41) is 1.93. The first-order valence-electron chi connectivity index (χ1n) is 5.38. The standard InChI is InChI=1S/C14H8BrNOS/c15-13-5-4-12(18-13)14(17)11-3-1-2-9-8-16-7-6-10(9)11/h1-8H. The van der Waals surface area contributed by atoms with Gasteiger partial charge < -0.3 is 0 Å². The Morgan fingerprint density at radius 3 is 2.83 bits per heavy atom. The third kappa shape index (κ3) is 1.98. The molecule has 0 spiro atoms. The molecule has 2 aromatic heterocycles. The van der Waals surface area contributed by atoms with E-state index in [9.17, 15) is 4.79 Å². The molecule has 0 saturated heterocycles. The maximum Gasteiger partial charge on any atom is 0.203 e. The van der Waals surface area contributed by atoms with Gasteiger partial charge in [-0.3, -0.25) is 9.78 Å². The molecule has 88 valence electrons. The monoisotopic (exact) mass is 317 g/mol. The molecule has 0 bridgehead atoms. The molecular weight excluding hydrogens is 310 g/mol. The lowest BCUT2D eigenvalue weighted by atomic mass is 10.0. The van der Waals surface area contributed by atoms with Gasteiger partial charge in [0, 0.05) is 23.3 Å². The third-order valence-corrected chi connectivity index (χ3v) is 4.34. The number of hydrogen-bond acceptors (Lipinski definition) is 3. The van der Waals surface area contributed by atoms with E-state index < -0.39 is 0 Å². The van der Waals surface area contributed by atoms with Crippen LogP contribution < -0.4 is 0 Å². The van der Waals surface area contributed by atoms with E-state index >= 15 is 0 Å². The number of ketones is 1. The van der Waals surface area contributed by atoms with Gasteiger partial charge in [0.15, 0.2) is 0 Å². The first-order valence-corrected chi connectivity index (χ1v) is 6.99. The fourth-order valence-electron chi connectivity index (χ4n) is 1.89. The summed E-state index contributed by atoms with van der Waals surface area (Å²) in [7, 11) is 0. The van der Waals surface area contributed by atoms with Crippen LogP contribution in [0.1, 0.15) is 15.2 Å². The Bertz CT molecular complexity index is 730. The number of aromatic nitrogens is 1. The zero-order valence-corrected chi connectivity index (χ0v) is 11.7. The smallest absolute Gasteiger partial charge is 0.203 e. The Morgan fingerprint density at radius 2 is 2.06 bits per heavy atom. The summed E-state index contributed by atoms with van der Waals surface area (Å²) in [5.74, 6) is 0.0579. The molecule has 3 rings (SSSR count). The van der Waals surface area contributed by atoms with Crippen molar-refractivity contribution in [1.29, 1.82) is 0 Å². The van der Waals surface area contributed by atoms with Gasteiger partial charge in [-0.1, -0.05) is 18.2 Å². The van der Waals surface area contributed by atoms with Crippen LogP contribution in [0, 0.1) is 0 Å². The topological polar surface area (TPSA) is 30.0 Å². The number of nitrogens with zero attached hydrogens (tertiary/aromatic N) is 1. The zero-order valence-electron chi connectivity index (χ0n) is 9.26. The van der Waals surface area contributed by atoms with Gasteiger partial charge in [0.25, 0.3) is 0 Å². The van der Waals surface area contributed by atoms with Crippen LogP contribution in [0.15, 0.2) is 52.6 Å². The first kappa shape index (κ1) is 11.6. The van der Waals surface area contributed by atoms with Gasteiger partial charge in [0.1, 0.15) is 0 Å². The Morgan fingerprint density at radius 1 is 1.17 bits per heavy atom. The van der Waals surface area contributed by atoms with E-state index in [1.807, 2.05) is 36.4 Å². The fourth-order valence-corrected chi connectivity index (χ4v) is 3.23. The van der Waals surface area contributed by atoms with Crippen LogP contribution >= 0.6 is 27.3 Å². The molecule has 4 heteroatoms. The first-order chi connectivity index (χ1) is 8.75. The highest BCUT2D eigenvalue weighted by molar-refractivity contribution is 9.11. The molecule has 0 N–H and O–H groups in total. The maximum atomic E-state index is 12.4. The third-order valence-electron chi connectivity index (χ3n) is 2.72. The number of carbonyl (C=O) groups excluding carboxylic acids is 1. The van der Waals surface area contributed by atoms with E-state index in [0.29, 0.717) is 0 Å². The van der Waals surface area contributed by atoms with E-state index in [0.717, 1.165) is 25.0 Å². The molecule has 0 amide bonds. The Balaban J connectivity index is 2.17. The summed E-state index contributed by atoms with van der Waals surface area (Å²) < 4.78 is 0.966. The molecule has 0 saturated carbocycles. The summed E-state index contributed by atoms with van der Waals surface area (Å²) in [6, 6.07) is 11.3. The molecule has 18 heavy (non-hydrogen) atoms. The molecule has 0 fully saturated rings. The number of fused-ring (bicyclic) bond motifs is 1. The second-order valence-corrected chi connectivity index (χ2v) is 6.30. The van der Waals surface area contributed by atoms with E-state index in [-0.39, 0.29) is 5.78 Å². The van der Waals surface area contributed by atoms with Crippen molar-refractivity contribution in [2.24, 2.45) is 0 Å². The predicted molar refractivity (Wildman–Crippen MR) is 77.2 cm³/mol. The minimum atomic E-state index is 0.0579. The molecule has 0 aliphatic heterocycles. The highest BCUT2D eigenvalue weighted by atomic mass is 79.9. The van der Waals surface area contributed by atoms with Crippen molar-refractivity contribution in [2.75, 3.05) is 0 Å². The van der Waals surface area contributed by atoms with Crippen molar-refractivity contribution < 1.29 is 4.79 Å². The van der Waals surface area contributed by atoms with E-state index in [4.69, 9.17) is 0 Å². The predicted octanol–water partition coefficient (Wildman–Crippen LogP) is 4.29. The Hall–Kier alpha value is -1.52. The summed E-state index contributed by atoms with van der Waals surface area (Å²) in [6.07, 6.45) is 3.49. The van der Waals surface area contributed by atoms with Gasteiger partial charge in [0.05, 0.1) is 8.66 Å². The van der Waals surface area contributed by atoms with Crippen molar-refractivity contribution >= 4 is 43.8 Å². The fraction of sp³-hybridized carbons (Fsp3) is 0. The van der Waals surface area contributed by atoms with Gasteiger partial charge in [-0.2, -0.15) is 0 Å². The molecule has 0 unspecified atom stereocenters. The van der Waals surface area contributed by atoms with Crippen LogP contribution in [-0.2, 0) is 0 Å². The van der Waals surface area contributed by atoms with Gasteiger partial charge in [0.2, 0.25) is 5.78 Å². The van der Waals surface area contributed by atoms with E-state index in [2.05, 4.69) is 20.9 Å². The lowest BCUT2D eigenvalue weighted by molar-refractivity contribution is 0.104. The van der Waals surface area contributed by atoms with Crippen molar-refractivity contribution in [1.82, 2.24) is 4.98 Å². The molecular formula is C14H8BrNOS. The minimum absolute atomic E-state index is 0.0579. The molecule has 2 heterocycles. The number of halogens is 1. The number of benzene rings is 1.